The molecule has 1 heterocycles. The van der Waals surface area contributed by atoms with Crippen molar-refractivity contribution in [2.45, 2.75) is 6.42 Å². The molecule has 3 aromatic rings. The molecule has 0 aliphatic rings. The first-order chi connectivity index (χ1) is 11.2. The summed E-state index contributed by atoms with van der Waals surface area (Å²) in [6, 6.07) is 11.8. The lowest BCUT2D eigenvalue weighted by Gasteiger charge is -2.13. The van der Waals surface area contributed by atoms with Crippen LogP contribution >= 0.6 is 23.2 Å². The second-order valence-corrected chi connectivity index (χ2v) is 5.77. The van der Waals surface area contributed by atoms with Gasteiger partial charge in [0.15, 0.2) is 0 Å². The van der Waals surface area contributed by atoms with E-state index in [0.717, 1.165) is 22.8 Å². The van der Waals surface area contributed by atoms with Gasteiger partial charge < -0.3 is 10.1 Å². The van der Waals surface area contributed by atoms with Crippen molar-refractivity contribution in [3.05, 3.63) is 58.5 Å². The van der Waals surface area contributed by atoms with Crippen LogP contribution in [0.25, 0.3) is 10.8 Å². The van der Waals surface area contributed by atoms with E-state index in [9.17, 15) is 0 Å². The average molecular weight is 348 g/mol. The number of methoxy groups -OCH3 is 1. The van der Waals surface area contributed by atoms with Crippen LogP contribution in [0.2, 0.25) is 10.2 Å². The highest BCUT2D eigenvalue weighted by molar-refractivity contribution is 6.37. The number of aromatic nitrogens is 2. The number of hydrogen-bond donors (Lipinski definition) is 1. The zero-order valence-corrected chi connectivity index (χ0v) is 14.0. The van der Waals surface area contributed by atoms with Gasteiger partial charge in [0.25, 0.3) is 0 Å². The van der Waals surface area contributed by atoms with E-state index < -0.39 is 0 Å². The van der Waals surface area contributed by atoms with E-state index in [1.807, 2.05) is 24.3 Å². The highest BCUT2D eigenvalue weighted by Gasteiger charge is 2.12. The van der Waals surface area contributed by atoms with Gasteiger partial charge in [0.2, 0.25) is 0 Å². The van der Waals surface area contributed by atoms with E-state index in [0.29, 0.717) is 28.3 Å². The van der Waals surface area contributed by atoms with Crippen LogP contribution in [-0.4, -0.2) is 23.6 Å². The normalized spacial score (nSPS) is 10.7. The summed E-state index contributed by atoms with van der Waals surface area (Å²) in [5, 5.41) is 6.36. The number of ether oxygens (including phenoxy) is 1. The van der Waals surface area contributed by atoms with Crippen molar-refractivity contribution < 1.29 is 4.74 Å². The zero-order valence-electron chi connectivity index (χ0n) is 12.5. The van der Waals surface area contributed by atoms with Crippen LogP contribution in [0.5, 0.6) is 5.75 Å². The lowest BCUT2D eigenvalue weighted by atomic mass is 10.0. The van der Waals surface area contributed by atoms with Gasteiger partial charge in [-0.15, -0.1) is 0 Å². The fraction of sp³-hybridized carbons (Fsp3) is 0.176. The van der Waals surface area contributed by atoms with Crippen LogP contribution in [-0.2, 0) is 6.42 Å². The van der Waals surface area contributed by atoms with Crippen molar-refractivity contribution in [2.75, 3.05) is 19.0 Å². The summed E-state index contributed by atoms with van der Waals surface area (Å²) < 4.78 is 5.50. The van der Waals surface area contributed by atoms with Crippen molar-refractivity contribution >= 4 is 39.8 Å². The number of rotatable bonds is 5. The highest BCUT2D eigenvalue weighted by Crippen LogP contribution is 2.36. The standard InChI is InChI=1S/C17H15Cl2N3O/c1-23-17-12(6-7-20-15-9-14(18)21-10-22-15)8-11-4-2-3-5-13(11)16(17)19/h2-5,8-10H,6-7H2,1H3,(H,20,21,22). The molecule has 0 aliphatic heterocycles. The summed E-state index contributed by atoms with van der Waals surface area (Å²) in [6.07, 6.45) is 2.17. The van der Waals surface area contributed by atoms with Crippen LogP contribution in [0.3, 0.4) is 0 Å². The average Bonchev–Trinajstić information content (AvgIpc) is 2.55. The molecule has 2 aromatic carbocycles. The van der Waals surface area contributed by atoms with Gasteiger partial charge in [-0.1, -0.05) is 47.5 Å². The topological polar surface area (TPSA) is 47.0 Å². The number of nitrogens with one attached hydrogen (secondary N) is 1. The van der Waals surface area contributed by atoms with Crippen molar-refractivity contribution in [1.29, 1.82) is 0 Å². The van der Waals surface area contributed by atoms with E-state index in [2.05, 4.69) is 21.4 Å². The minimum Gasteiger partial charge on any atom is -0.495 e. The van der Waals surface area contributed by atoms with E-state index in [1.54, 1.807) is 13.2 Å². The molecule has 23 heavy (non-hydrogen) atoms. The van der Waals surface area contributed by atoms with Gasteiger partial charge in [0, 0.05) is 18.0 Å². The predicted octanol–water partition coefficient (Wildman–Crippen LogP) is 4.60. The number of benzene rings is 2. The van der Waals surface area contributed by atoms with Crippen LogP contribution in [0, 0.1) is 0 Å². The summed E-state index contributed by atoms with van der Waals surface area (Å²) in [5.74, 6) is 1.41. The molecule has 0 fully saturated rings. The summed E-state index contributed by atoms with van der Waals surface area (Å²) in [7, 11) is 1.64. The second kappa shape index (κ2) is 7.02. The maximum atomic E-state index is 6.48. The summed E-state index contributed by atoms with van der Waals surface area (Å²) in [4.78, 5) is 7.97. The fourth-order valence-corrected chi connectivity index (χ4v) is 3.02. The predicted molar refractivity (Wildman–Crippen MR) is 94.7 cm³/mol. The van der Waals surface area contributed by atoms with Gasteiger partial charge in [0.05, 0.1) is 12.1 Å². The Morgan fingerprint density at radius 3 is 2.74 bits per heavy atom. The maximum Gasteiger partial charge on any atom is 0.141 e. The Morgan fingerprint density at radius 2 is 1.96 bits per heavy atom. The Labute approximate surface area is 144 Å². The van der Waals surface area contributed by atoms with Gasteiger partial charge in [0.1, 0.15) is 23.0 Å². The number of hydrogen-bond acceptors (Lipinski definition) is 4. The first-order valence-corrected chi connectivity index (χ1v) is 7.90. The first-order valence-electron chi connectivity index (χ1n) is 7.14. The van der Waals surface area contributed by atoms with Crippen molar-refractivity contribution in [3.8, 4) is 5.75 Å². The van der Waals surface area contributed by atoms with Gasteiger partial charge in [-0.25, -0.2) is 9.97 Å². The van der Waals surface area contributed by atoms with E-state index in [4.69, 9.17) is 27.9 Å². The van der Waals surface area contributed by atoms with Crippen molar-refractivity contribution in [1.82, 2.24) is 9.97 Å². The highest BCUT2D eigenvalue weighted by atomic mass is 35.5. The maximum absolute atomic E-state index is 6.48. The van der Waals surface area contributed by atoms with Crippen molar-refractivity contribution in [3.63, 3.8) is 0 Å². The lowest BCUT2D eigenvalue weighted by molar-refractivity contribution is 0.411. The molecule has 0 unspecified atom stereocenters. The minimum atomic E-state index is 0.411. The summed E-state index contributed by atoms with van der Waals surface area (Å²) in [6.45, 7) is 0.679. The monoisotopic (exact) mass is 347 g/mol. The Bertz CT molecular complexity index is 839. The molecule has 0 atom stereocenters. The molecule has 0 spiro atoms. The van der Waals surface area contributed by atoms with Crippen LogP contribution in [0.15, 0.2) is 42.7 Å². The Morgan fingerprint density at radius 1 is 1.13 bits per heavy atom. The molecule has 0 saturated heterocycles. The molecule has 0 radical (unpaired) electrons. The number of anilines is 1. The molecular formula is C17H15Cl2N3O. The molecule has 118 valence electrons. The molecule has 4 nitrogen and oxygen atoms in total. The van der Waals surface area contributed by atoms with Crippen molar-refractivity contribution in [2.24, 2.45) is 0 Å². The van der Waals surface area contributed by atoms with Gasteiger partial charge in [-0.3, -0.25) is 0 Å². The molecule has 1 N–H and O–H groups in total. The summed E-state index contributed by atoms with van der Waals surface area (Å²) >= 11 is 12.3. The Kier molecular flexibility index (Phi) is 4.84. The molecule has 0 bridgehead atoms. The van der Waals surface area contributed by atoms with Gasteiger partial charge in [-0.2, -0.15) is 0 Å². The molecule has 0 saturated carbocycles. The number of halogens is 2. The molecule has 3 rings (SSSR count). The Balaban J connectivity index is 1.82. The quantitative estimate of drug-likeness (QED) is 0.685. The van der Waals surface area contributed by atoms with Crippen LogP contribution in [0.1, 0.15) is 5.56 Å². The SMILES string of the molecule is COc1c(CCNc2cc(Cl)ncn2)cc2ccccc2c1Cl. The minimum absolute atomic E-state index is 0.411. The molecule has 0 aliphatic carbocycles. The van der Waals surface area contributed by atoms with Crippen LogP contribution in [0.4, 0.5) is 5.82 Å². The third-order valence-electron chi connectivity index (χ3n) is 3.56. The number of nitrogens with zero attached hydrogens (tertiary/aromatic N) is 2. The molecule has 1 aromatic heterocycles. The van der Waals surface area contributed by atoms with E-state index in [-0.39, 0.29) is 0 Å². The molecular weight excluding hydrogens is 333 g/mol. The molecule has 6 heteroatoms. The smallest absolute Gasteiger partial charge is 0.141 e. The fourth-order valence-electron chi connectivity index (χ4n) is 2.50. The summed E-state index contributed by atoms with van der Waals surface area (Å²) in [5.41, 5.74) is 1.05. The third kappa shape index (κ3) is 3.49. The van der Waals surface area contributed by atoms with E-state index in [1.165, 1.54) is 6.33 Å². The van der Waals surface area contributed by atoms with Crippen LogP contribution < -0.4 is 10.1 Å². The molecule has 0 amide bonds. The Hall–Kier alpha value is -2.04. The van der Waals surface area contributed by atoms with Gasteiger partial charge >= 0.3 is 0 Å². The lowest BCUT2D eigenvalue weighted by Crippen LogP contribution is -2.07. The van der Waals surface area contributed by atoms with E-state index >= 15 is 0 Å². The third-order valence-corrected chi connectivity index (χ3v) is 4.14. The van der Waals surface area contributed by atoms with Gasteiger partial charge in [-0.05, 0) is 23.4 Å². The zero-order chi connectivity index (χ0) is 16.2. The second-order valence-electron chi connectivity index (χ2n) is 5.01. The first kappa shape index (κ1) is 15.8. The number of fused-ring (bicyclic) bond motifs is 1. The largest absolute Gasteiger partial charge is 0.495 e.